The minimum absolute atomic E-state index is 0.0630. The Bertz CT molecular complexity index is 3370. The molecular formula is C62H73Cl2FN10O6S3. The van der Waals surface area contributed by atoms with Gasteiger partial charge in [-0.25, -0.2) is 23.8 Å². The number of aromatic nitrogens is 4. The number of rotatable bonds is 17. The van der Waals surface area contributed by atoms with Crippen LogP contribution in [-0.4, -0.2) is 90.3 Å². The molecule has 3 aliphatic rings. The maximum atomic E-state index is 13.4. The normalized spacial score (nSPS) is 17.2. The molecule has 0 saturated carbocycles. The summed E-state index contributed by atoms with van der Waals surface area (Å²) in [6, 6.07) is 38.8. The van der Waals surface area contributed by atoms with E-state index >= 15 is 0 Å². The van der Waals surface area contributed by atoms with Crippen molar-refractivity contribution in [3.8, 4) is 22.5 Å². The number of alkyl carbamates (subject to hydrolysis) is 1. The molecule has 446 valence electrons. The van der Waals surface area contributed by atoms with Gasteiger partial charge < -0.3 is 43.4 Å². The Balaban J connectivity index is 0.000000168. The Morgan fingerprint density at radius 3 is 2.33 bits per heavy atom. The molecule has 0 radical (unpaired) electrons. The van der Waals surface area contributed by atoms with Crippen LogP contribution in [0.15, 0.2) is 148 Å². The number of para-hydroxylation sites is 1. The highest BCUT2D eigenvalue weighted by atomic mass is 35.5. The second kappa shape index (κ2) is 31.7. The number of thioether (sulfide) groups is 3. The first kappa shape index (κ1) is 65.2. The number of carbonyl (C=O) groups excluding carboxylic acids is 2. The van der Waals surface area contributed by atoms with Gasteiger partial charge in [-0.05, 0) is 117 Å². The molecule has 5 heterocycles. The van der Waals surface area contributed by atoms with Gasteiger partial charge >= 0.3 is 12.1 Å². The zero-order valence-electron chi connectivity index (χ0n) is 47.2. The molecule has 16 nitrogen and oxygen atoms in total. The summed E-state index contributed by atoms with van der Waals surface area (Å²) in [6.07, 6.45) is 7.41. The molecular weight excluding hydrogens is 1170 g/mol. The van der Waals surface area contributed by atoms with E-state index in [1.807, 2.05) is 97.0 Å². The molecule has 2 aromatic heterocycles. The summed E-state index contributed by atoms with van der Waals surface area (Å²) < 4.78 is 21.6. The standard InChI is InChI=1S/C21H17Cl2NOS.C20H23FN6O.C11H20N2O4S.C10H13NS/c22-16-11-10-15(12-17(16)23)21(26-20-9-5-4-8-18(20)24)13-19(25)14-6-2-1-3-7-14;1-20(2,22)12-24-19-23-9-8-15(25-19)17-16(13-4-6-14(21)7-5-13)18(28)27-11-3-10-26(17)27;1-17-11(16)13-7-6-18-8(10(7)12)4-2-3-5-9(14)15;11-9-5-3-7-12-10-6-2-1-4-8(9)10/h1-12,21H,13,24H2;4-9H,3,10-12,22H2,1-2H3,(H,23,24,25);7-8,10H,2-6,12H2,1H3,(H,13,16)(H,14,15);1-2,4,6,9H,3,5,7,11H2/t;;7-,8-,10-;/m..1./s1. The molecule has 1 saturated heterocycles. The average molecular weight is 1240 g/mol. The van der Waals surface area contributed by atoms with Gasteiger partial charge in [0.2, 0.25) is 5.95 Å². The van der Waals surface area contributed by atoms with Crippen LogP contribution in [0.4, 0.5) is 20.8 Å². The minimum atomic E-state index is -0.761. The lowest BCUT2D eigenvalue weighted by Crippen LogP contribution is -2.49. The van der Waals surface area contributed by atoms with E-state index in [4.69, 9.17) is 51.2 Å². The number of fused-ring (bicyclic) bond motifs is 2. The summed E-state index contributed by atoms with van der Waals surface area (Å²) in [5, 5.41) is 15.5. The van der Waals surface area contributed by atoms with Crippen molar-refractivity contribution < 1.29 is 28.6 Å². The van der Waals surface area contributed by atoms with Crippen LogP contribution in [0.1, 0.15) is 98.0 Å². The molecule has 2 unspecified atom stereocenters. The van der Waals surface area contributed by atoms with Crippen LogP contribution in [0.2, 0.25) is 10.0 Å². The molecule has 22 heteroatoms. The number of nitrogen functional groups attached to an aromatic ring is 1. The topological polar surface area (TPSA) is 262 Å². The summed E-state index contributed by atoms with van der Waals surface area (Å²) >= 11 is 17.5. The van der Waals surface area contributed by atoms with Crippen LogP contribution in [0.3, 0.4) is 0 Å². The summed E-state index contributed by atoms with van der Waals surface area (Å²) in [5.41, 5.74) is 29.9. The summed E-state index contributed by atoms with van der Waals surface area (Å²) in [7, 11) is 1.33. The molecule has 0 aliphatic carbocycles. The number of amides is 1. The lowest BCUT2D eigenvalue weighted by Gasteiger charge is -2.19. The largest absolute Gasteiger partial charge is 0.481 e. The number of nitrogens with two attached hydrogens (primary N) is 4. The average Bonchev–Trinajstić information content (AvgIpc) is 2.69. The fourth-order valence-electron chi connectivity index (χ4n) is 9.54. The minimum Gasteiger partial charge on any atom is -0.481 e. The molecule has 5 aromatic carbocycles. The Morgan fingerprint density at radius 2 is 1.62 bits per heavy atom. The summed E-state index contributed by atoms with van der Waals surface area (Å²) in [6.45, 7) is 5.72. The number of ketones is 1. The number of hydrogen-bond acceptors (Lipinski definition) is 15. The van der Waals surface area contributed by atoms with Crippen LogP contribution >= 0.6 is 58.5 Å². The van der Waals surface area contributed by atoms with Crippen molar-refractivity contribution in [3.63, 3.8) is 0 Å². The van der Waals surface area contributed by atoms with Gasteiger partial charge in [0.05, 0.1) is 40.1 Å². The second-order valence-electron chi connectivity index (χ2n) is 21.0. The van der Waals surface area contributed by atoms with Crippen LogP contribution in [-0.2, 0) is 22.6 Å². The Morgan fingerprint density at radius 1 is 0.905 bits per heavy atom. The number of aliphatic carboxylic acids is 1. The van der Waals surface area contributed by atoms with Gasteiger partial charge in [-0.2, -0.15) is 11.8 Å². The quantitative estimate of drug-likeness (QED) is 0.0193. The fraction of sp³-hybridized carbons (Fsp3) is 0.355. The molecule has 1 amide bonds. The number of Topliss-reactive ketones (excluding diaryl/α,β-unsaturated/α-hetero) is 1. The van der Waals surface area contributed by atoms with Gasteiger partial charge in [0.25, 0.3) is 5.56 Å². The molecule has 11 N–H and O–H groups in total. The lowest BCUT2D eigenvalue weighted by molar-refractivity contribution is -0.137. The Kier molecular flexibility index (Phi) is 24.6. The SMILES string of the molecule is CC(C)(N)CNc1nccc(-c2c(-c3ccc(F)cc3)c(=O)n3n2CCC3)n1.COC(=O)N[C@@H]1CS[C@H](CCCCC(=O)O)[C@@H]1N.NC1CCCSc2ccccc21.Nc1ccccc1SC(CC(=O)c1ccccc1)c1ccc(Cl)c(Cl)c1. The third-order valence-corrected chi connectivity index (χ3v) is 18.7. The van der Waals surface area contributed by atoms with Gasteiger partial charge in [0.1, 0.15) is 5.82 Å². The predicted octanol–water partition coefficient (Wildman–Crippen LogP) is 12.5. The van der Waals surface area contributed by atoms with E-state index < -0.39 is 17.6 Å². The number of carboxylic acids is 1. The first-order valence-corrected chi connectivity index (χ1v) is 31.4. The number of hydrogen-bond donors (Lipinski definition) is 7. The van der Waals surface area contributed by atoms with E-state index in [9.17, 15) is 23.6 Å². The maximum absolute atomic E-state index is 13.4. The van der Waals surface area contributed by atoms with Crippen molar-refractivity contribution >= 4 is 88.0 Å². The van der Waals surface area contributed by atoms with Gasteiger partial charge in [-0.3, -0.25) is 19.1 Å². The van der Waals surface area contributed by atoms with E-state index in [0.29, 0.717) is 70.0 Å². The number of methoxy groups -OCH3 is 1. The number of ether oxygens (including phenoxy) is 1. The number of unbranched alkanes of at least 4 members (excludes halogenated alkanes) is 1. The van der Waals surface area contributed by atoms with E-state index in [0.717, 1.165) is 54.1 Å². The zero-order chi connectivity index (χ0) is 60.3. The molecule has 0 bridgehead atoms. The van der Waals surface area contributed by atoms with Crippen LogP contribution in [0, 0.1) is 5.82 Å². The highest BCUT2D eigenvalue weighted by Gasteiger charge is 2.35. The smallest absolute Gasteiger partial charge is 0.407 e. The Hall–Kier alpha value is -6.36. The lowest BCUT2D eigenvalue weighted by atomic mass is 10.0. The number of carbonyl (C=O) groups is 3. The molecule has 5 atom stereocenters. The molecule has 10 rings (SSSR count). The van der Waals surface area contributed by atoms with Crippen molar-refractivity contribution in [2.75, 3.05) is 36.2 Å². The molecule has 7 aromatic rings. The number of carboxylic acid groups (broad SMARTS) is 1. The highest BCUT2D eigenvalue weighted by Crippen LogP contribution is 2.43. The number of benzene rings is 5. The van der Waals surface area contributed by atoms with Crippen LogP contribution in [0.25, 0.3) is 22.5 Å². The van der Waals surface area contributed by atoms with E-state index in [2.05, 4.69) is 49.6 Å². The van der Waals surface area contributed by atoms with Crippen molar-refractivity contribution in [2.24, 2.45) is 17.2 Å². The van der Waals surface area contributed by atoms with E-state index in [1.165, 1.54) is 41.9 Å². The van der Waals surface area contributed by atoms with Crippen molar-refractivity contribution in [1.29, 1.82) is 0 Å². The van der Waals surface area contributed by atoms with Crippen molar-refractivity contribution in [1.82, 2.24) is 24.6 Å². The Labute approximate surface area is 512 Å². The summed E-state index contributed by atoms with van der Waals surface area (Å²) in [5.74, 6) is 1.42. The van der Waals surface area contributed by atoms with Crippen LogP contribution < -0.4 is 39.1 Å². The third-order valence-electron chi connectivity index (χ3n) is 13.9. The predicted molar refractivity (Wildman–Crippen MR) is 341 cm³/mol. The van der Waals surface area contributed by atoms with E-state index in [1.54, 1.807) is 58.7 Å². The maximum Gasteiger partial charge on any atom is 0.407 e. The number of nitrogens with one attached hydrogen (secondary N) is 2. The molecule has 0 spiro atoms. The number of halogens is 3. The molecule has 84 heavy (non-hydrogen) atoms. The fourth-order valence-corrected chi connectivity index (χ4v) is 13.6. The summed E-state index contributed by atoms with van der Waals surface area (Å²) in [4.78, 5) is 58.5. The second-order valence-corrected chi connectivity index (χ2v) is 25.5. The van der Waals surface area contributed by atoms with Crippen molar-refractivity contribution in [2.45, 2.75) is 122 Å². The third kappa shape index (κ3) is 18.8. The van der Waals surface area contributed by atoms with Gasteiger partial charge in [-0.15, -0.1) is 23.5 Å². The van der Waals surface area contributed by atoms with Crippen LogP contribution in [0.5, 0.6) is 0 Å². The highest BCUT2D eigenvalue weighted by molar-refractivity contribution is 8.00. The number of anilines is 2. The van der Waals surface area contributed by atoms with Gasteiger partial charge in [0.15, 0.2) is 5.78 Å². The molecule has 1 fully saturated rings. The van der Waals surface area contributed by atoms with Gasteiger partial charge in [-0.1, -0.05) is 108 Å². The first-order valence-electron chi connectivity index (χ1n) is 27.7. The zero-order valence-corrected chi connectivity index (χ0v) is 51.2. The monoisotopic (exact) mass is 1240 g/mol. The van der Waals surface area contributed by atoms with Crippen molar-refractivity contribution in [3.05, 3.63) is 176 Å². The first-order chi connectivity index (χ1) is 40.3. The molecule has 3 aliphatic heterocycles. The number of nitrogens with zero attached hydrogens (tertiary/aromatic N) is 4. The van der Waals surface area contributed by atoms with E-state index in [-0.39, 0.29) is 52.2 Å². The van der Waals surface area contributed by atoms with Gasteiger partial charge in [0, 0.05) is 93.6 Å².